The van der Waals surface area contributed by atoms with Gasteiger partial charge in [-0.05, 0) is 0 Å². The quantitative estimate of drug-likeness (QED) is 0.474. The van der Waals surface area contributed by atoms with Crippen molar-refractivity contribution in [1.82, 2.24) is 0 Å². The molecule has 10 heteroatoms. The second-order valence-electron chi connectivity index (χ2n) is 1.93. The smallest absolute Gasteiger partial charge is 1.00 e. The van der Waals surface area contributed by atoms with Gasteiger partial charge in [0.2, 0.25) is 0 Å². The number of carbonyl (C=O) groups is 1. The molecule has 15 heavy (non-hydrogen) atoms. The summed E-state index contributed by atoms with van der Waals surface area (Å²) < 4.78 is 25.6. The van der Waals surface area contributed by atoms with E-state index in [1.165, 1.54) is 0 Å². The maximum atomic E-state index is 10.1. The first kappa shape index (κ1) is 25.9. The summed E-state index contributed by atoms with van der Waals surface area (Å²) in [5.74, 6) is 1.18. The summed E-state index contributed by atoms with van der Waals surface area (Å²) in [6.07, 6.45) is 0.617. The van der Waals surface area contributed by atoms with Gasteiger partial charge in [0.15, 0.2) is 0 Å². The predicted octanol–water partition coefficient (Wildman–Crippen LogP) is -8.91. The monoisotopic (exact) mass is 371 g/mol. The largest absolute Gasteiger partial charge is 1.00 e. The first-order valence-electron chi connectivity index (χ1n) is 3.15. The molecule has 1 atom stereocenters. The Labute approximate surface area is 144 Å². The topological polar surface area (TPSA) is 127 Å². The van der Waals surface area contributed by atoms with Crippen molar-refractivity contribution in [2.75, 3.05) is 0 Å². The van der Waals surface area contributed by atoms with Crippen LogP contribution in [0.2, 0.25) is 11.1 Å². The van der Waals surface area contributed by atoms with Gasteiger partial charge in [-0.15, -0.1) is 0 Å². The molecule has 0 aromatic rings. The first-order valence-corrected chi connectivity index (χ1v) is 8.18. The van der Waals surface area contributed by atoms with Gasteiger partial charge in [-0.2, -0.15) is 0 Å². The molecule has 80 valence electrons. The summed E-state index contributed by atoms with van der Waals surface area (Å²) in [5.41, 5.74) is 5.21. The maximum absolute atomic E-state index is 10.1. The number of rotatable bonds is 4. The van der Waals surface area contributed by atoms with Gasteiger partial charge in [-0.1, -0.05) is 0 Å². The molecule has 0 aliphatic heterocycles. The number of carboxylic acids is 1. The minimum Gasteiger partial charge on any atom is 1.00 e. The van der Waals surface area contributed by atoms with Gasteiger partial charge in [-0.3, -0.25) is 0 Å². The minimum absolute atomic E-state index is 0. The van der Waals surface area contributed by atoms with Gasteiger partial charge in [0.25, 0.3) is 0 Å². The average molecular weight is 369 g/mol. The Morgan fingerprint density at radius 3 is 2.07 bits per heavy atom. The van der Waals surface area contributed by atoms with Crippen LogP contribution < -0.4 is 73.2 Å². The number of nitrogens with two attached hydrogens (primary N) is 1. The zero-order valence-corrected chi connectivity index (χ0v) is 16.4. The van der Waals surface area contributed by atoms with Gasteiger partial charge < -0.3 is 0 Å². The molecule has 0 fully saturated rings. The summed E-state index contributed by atoms with van der Waals surface area (Å²) in [5, 5.41) is 9.25. The van der Waals surface area contributed by atoms with Crippen LogP contribution in [0.4, 0.5) is 0 Å². The van der Waals surface area contributed by atoms with E-state index in [0.717, 1.165) is 5.32 Å². The Hall–Kier alpha value is 2.19. The Balaban J connectivity index is -0.0000000883. The number of carboxylic acid groups (broad SMARTS) is 1. The maximum Gasteiger partial charge on any atom is 1.00 e. The molecule has 3 N–H and O–H groups in total. The second kappa shape index (κ2) is 18.6. The molecule has 0 heterocycles. The third-order valence-electron chi connectivity index (χ3n) is 0.950. The zero-order chi connectivity index (χ0) is 10.9. The fourth-order valence-corrected chi connectivity index (χ4v) is 1.40. The number of hydrogen-bond donors (Lipinski definition) is 2. The van der Waals surface area contributed by atoms with E-state index in [9.17, 15) is 4.79 Å². The van der Waals surface area contributed by atoms with Gasteiger partial charge in [0.1, 0.15) is 0 Å². The molecule has 0 aliphatic carbocycles. The van der Waals surface area contributed by atoms with Gasteiger partial charge in [-0.25, -0.2) is 0 Å². The van der Waals surface area contributed by atoms with E-state index < -0.39 is 26.5 Å². The normalized spacial score (nSPS) is 10.2. The van der Waals surface area contributed by atoms with E-state index in [4.69, 9.17) is 23.1 Å². The van der Waals surface area contributed by atoms with Crippen LogP contribution in [0, 0.1) is 0 Å². The molecule has 6 nitrogen and oxygen atoms in total. The van der Waals surface area contributed by atoms with Gasteiger partial charge >= 0.3 is 146 Å². The van der Waals surface area contributed by atoms with Gasteiger partial charge in [0.05, 0.1) is 0 Å². The summed E-state index contributed by atoms with van der Waals surface area (Å²) in [6.45, 7) is 0. The molecular formula is C5H11NNa2O5Se2. The van der Waals surface area contributed by atoms with Crippen LogP contribution in [0.1, 0.15) is 6.42 Å². The molecule has 0 saturated heterocycles. The Morgan fingerprint density at radius 1 is 1.53 bits per heavy atom. The van der Waals surface area contributed by atoms with Crippen LogP contribution in [0.15, 0.2) is 0 Å². The third-order valence-corrected chi connectivity index (χ3v) is 2.30. The van der Waals surface area contributed by atoms with Crippen molar-refractivity contribution in [3.63, 3.8) is 0 Å². The van der Waals surface area contributed by atoms with E-state index >= 15 is 0 Å². The van der Waals surface area contributed by atoms with E-state index in [2.05, 4.69) is 5.82 Å². The molecule has 0 saturated carbocycles. The van der Waals surface area contributed by atoms with Crippen molar-refractivity contribution in [1.29, 1.82) is 0 Å². The SMILES string of the molecule is C[Se]CCC(N)C(=O)O.O=[Se]([O-])[O-].[Na+].[Na+]. The van der Waals surface area contributed by atoms with E-state index in [-0.39, 0.29) is 59.1 Å². The molecule has 0 aromatic heterocycles. The fraction of sp³-hybridized carbons (Fsp3) is 0.800. The fourth-order valence-electron chi connectivity index (χ4n) is 0.368. The molecule has 0 bridgehead atoms. The molecule has 0 aromatic carbocycles. The van der Waals surface area contributed by atoms with Crippen LogP contribution in [0.3, 0.4) is 0 Å². The van der Waals surface area contributed by atoms with Crippen LogP contribution >= 0.6 is 0 Å². The third kappa shape index (κ3) is 31.4. The number of aliphatic carboxylic acids is 1. The molecule has 0 radical (unpaired) electrons. The van der Waals surface area contributed by atoms with Crippen molar-refractivity contribution in [2.24, 2.45) is 5.73 Å². The van der Waals surface area contributed by atoms with Gasteiger partial charge in [0, 0.05) is 0 Å². The standard InChI is InChI=1S/C5H11NO2Se.2Na.H2O3Se/c1-9-3-2-4(6)5(7)8;;;1-4(2)3/h4H,2-3,6H2,1H3,(H,7,8);;;(H2,1,2,3)/q;2*+1;/p-2. The molecule has 0 aliphatic rings. The van der Waals surface area contributed by atoms with Crippen LogP contribution in [0.5, 0.6) is 0 Å². The van der Waals surface area contributed by atoms with E-state index in [1.54, 1.807) is 0 Å². The molecule has 1 unspecified atom stereocenters. The summed E-state index contributed by atoms with van der Waals surface area (Å²) in [6, 6.07) is -0.646. The van der Waals surface area contributed by atoms with Crippen molar-refractivity contribution in [3.05, 3.63) is 0 Å². The second-order valence-corrected chi connectivity index (χ2v) is 4.85. The summed E-state index contributed by atoms with van der Waals surface area (Å²) >= 11 is -3.24. The first-order chi connectivity index (χ1) is 5.91. The van der Waals surface area contributed by atoms with Crippen molar-refractivity contribution >= 4 is 35.4 Å². The summed E-state index contributed by atoms with van der Waals surface area (Å²) in [7, 11) is 0. The minimum atomic E-state index is -3.79. The Kier molecular flexibility index (Phi) is 32.0. The van der Waals surface area contributed by atoms with Crippen LogP contribution in [-0.2, 0) is 8.63 Å². The molecule has 0 amide bonds. The molecule has 0 rings (SSSR count). The van der Waals surface area contributed by atoms with Crippen molar-refractivity contribution in [3.8, 4) is 0 Å². The Bertz CT molecular complexity index is 170. The Morgan fingerprint density at radius 2 is 1.87 bits per heavy atom. The molecular weight excluding hydrogens is 358 g/mol. The van der Waals surface area contributed by atoms with Crippen molar-refractivity contribution < 1.29 is 81.2 Å². The number of hydrogen-bond acceptors (Lipinski definition) is 5. The van der Waals surface area contributed by atoms with Crippen molar-refractivity contribution in [2.45, 2.75) is 23.6 Å². The molecule has 0 spiro atoms. The predicted molar refractivity (Wildman–Crippen MR) is 43.1 cm³/mol. The van der Waals surface area contributed by atoms with Crippen LogP contribution in [-0.4, -0.2) is 46.6 Å². The van der Waals surface area contributed by atoms with E-state index in [1.807, 2.05) is 0 Å². The van der Waals surface area contributed by atoms with E-state index in [0.29, 0.717) is 21.4 Å². The summed E-state index contributed by atoms with van der Waals surface area (Å²) in [4.78, 5) is 10.1. The van der Waals surface area contributed by atoms with Crippen LogP contribution in [0.25, 0.3) is 0 Å². The average Bonchev–Trinajstić information content (AvgIpc) is 1.98. The zero-order valence-electron chi connectivity index (χ0n) is 8.97.